The number of ether oxygens (including phenoxy) is 2. The molecule has 1 rings (SSSR count). The first-order chi connectivity index (χ1) is 9.15. The highest BCUT2D eigenvalue weighted by Gasteiger charge is 2.61. The zero-order valence-electron chi connectivity index (χ0n) is 10.8. The molecular formula is C12H14F5NO2. The molecule has 0 spiro atoms. The van der Waals surface area contributed by atoms with E-state index in [-0.39, 0.29) is 18.1 Å². The molecule has 2 N–H and O–H groups in total. The van der Waals surface area contributed by atoms with Crippen molar-refractivity contribution in [2.75, 3.05) is 13.7 Å². The number of methoxy groups -OCH3 is 1. The molecule has 0 saturated carbocycles. The molecule has 1 aromatic carbocycles. The van der Waals surface area contributed by atoms with Crippen molar-refractivity contribution in [2.45, 2.75) is 25.1 Å². The van der Waals surface area contributed by atoms with Crippen LogP contribution >= 0.6 is 0 Å². The van der Waals surface area contributed by atoms with E-state index in [4.69, 9.17) is 15.2 Å². The van der Waals surface area contributed by atoms with Crippen LogP contribution in [0, 0.1) is 0 Å². The van der Waals surface area contributed by atoms with Gasteiger partial charge in [0.15, 0.2) is 11.5 Å². The van der Waals surface area contributed by atoms with E-state index < -0.39 is 23.7 Å². The lowest BCUT2D eigenvalue weighted by Crippen LogP contribution is -2.45. The maximum Gasteiger partial charge on any atom is 0.455 e. The van der Waals surface area contributed by atoms with Gasteiger partial charge in [-0.3, -0.25) is 0 Å². The van der Waals surface area contributed by atoms with E-state index in [1.807, 2.05) is 0 Å². The van der Waals surface area contributed by atoms with Crippen LogP contribution in [0.3, 0.4) is 0 Å². The maximum absolute atomic E-state index is 13.2. The minimum absolute atomic E-state index is 0.0564. The molecule has 114 valence electrons. The Morgan fingerprint density at radius 1 is 1.15 bits per heavy atom. The number of nitrogens with two attached hydrogens (primary N) is 1. The number of hydrogen-bond donors (Lipinski definition) is 1. The normalized spacial score (nSPS) is 14.0. The molecule has 0 aliphatic carbocycles. The summed E-state index contributed by atoms with van der Waals surface area (Å²) in [5.41, 5.74) is 4.66. The lowest BCUT2D eigenvalue weighted by Gasteiger charge is -2.26. The van der Waals surface area contributed by atoms with Crippen molar-refractivity contribution in [3.63, 3.8) is 0 Å². The third kappa shape index (κ3) is 3.12. The highest BCUT2D eigenvalue weighted by atomic mass is 19.4. The Morgan fingerprint density at radius 3 is 2.20 bits per heavy atom. The Kier molecular flexibility index (Phi) is 4.80. The van der Waals surface area contributed by atoms with Crippen molar-refractivity contribution in [3.8, 4) is 11.5 Å². The molecular weight excluding hydrogens is 285 g/mol. The van der Waals surface area contributed by atoms with Gasteiger partial charge in [-0.25, -0.2) is 0 Å². The first kappa shape index (κ1) is 16.5. The van der Waals surface area contributed by atoms with E-state index >= 15 is 0 Å². The molecule has 3 nitrogen and oxygen atoms in total. The van der Waals surface area contributed by atoms with Gasteiger partial charge < -0.3 is 15.2 Å². The first-order valence-corrected chi connectivity index (χ1v) is 5.66. The molecule has 20 heavy (non-hydrogen) atoms. The fourth-order valence-corrected chi connectivity index (χ4v) is 1.54. The minimum atomic E-state index is -5.72. The Morgan fingerprint density at radius 2 is 1.75 bits per heavy atom. The third-order valence-electron chi connectivity index (χ3n) is 2.62. The Hall–Kier alpha value is -1.57. The van der Waals surface area contributed by atoms with Gasteiger partial charge in [0, 0.05) is 0 Å². The molecule has 1 aromatic rings. The molecule has 0 amide bonds. The fraction of sp³-hybridized carbons (Fsp3) is 0.500. The van der Waals surface area contributed by atoms with Crippen molar-refractivity contribution in [1.29, 1.82) is 0 Å². The van der Waals surface area contributed by atoms with Crippen LogP contribution in [-0.4, -0.2) is 25.8 Å². The van der Waals surface area contributed by atoms with Gasteiger partial charge in [-0.2, -0.15) is 22.0 Å². The first-order valence-electron chi connectivity index (χ1n) is 5.66. The fourth-order valence-electron chi connectivity index (χ4n) is 1.54. The van der Waals surface area contributed by atoms with Crippen LogP contribution in [-0.2, 0) is 0 Å². The van der Waals surface area contributed by atoms with Crippen molar-refractivity contribution < 1.29 is 31.4 Å². The number of benzene rings is 1. The van der Waals surface area contributed by atoms with Gasteiger partial charge in [-0.05, 0) is 24.6 Å². The van der Waals surface area contributed by atoms with Gasteiger partial charge in [-0.1, -0.05) is 6.07 Å². The van der Waals surface area contributed by atoms with Crippen LogP contribution in [0.2, 0.25) is 0 Å². The highest BCUT2D eigenvalue weighted by Crippen LogP contribution is 2.44. The van der Waals surface area contributed by atoms with E-state index in [0.29, 0.717) is 0 Å². The molecule has 0 aliphatic heterocycles. The van der Waals surface area contributed by atoms with Gasteiger partial charge in [0.25, 0.3) is 0 Å². The number of alkyl halides is 5. The van der Waals surface area contributed by atoms with Gasteiger partial charge in [-0.15, -0.1) is 0 Å². The molecule has 0 aliphatic rings. The van der Waals surface area contributed by atoms with E-state index in [2.05, 4.69) is 0 Å². The van der Waals surface area contributed by atoms with Crippen LogP contribution in [0.5, 0.6) is 11.5 Å². The van der Waals surface area contributed by atoms with E-state index in [1.54, 1.807) is 6.92 Å². The molecule has 0 saturated heterocycles. The number of rotatable bonds is 5. The molecule has 0 radical (unpaired) electrons. The largest absolute Gasteiger partial charge is 0.493 e. The summed E-state index contributed by atoms with van der Waals surface area (Å²) >= 11 is 0. The topological polar surface area (TPSA) is 44.5 Å². The molecule has 8 heteroatoms. The monoisotopic (exact) mass is 299 g/mol. The summed E-state index contributed by atoms with van der Waals surface area (Å²) in [5, 5.41) is 0. The van der Waals surface area contributed by atoms with Crippen LogP contribution in [0.25, 0.3) is 0 Å². The Labute approximate surface area is 112 Å². The average molecular weight is 299 g/mol. The number of halogens is 5. The second kappa shape index (κ2) is 5.82. The van der Waals surface area contributed by atoms with Crippen LogP contribution < -0.4 is 15.2 Å². The summed E-state index contributed by atoms with van der Waals surface area (Å²) in [7, 11) is 1.32. The van der Waals surface area contributed by atoms with Gasteiger partial charge in [0.2, 0.25) is 0 Å². The smallest absolute Gasteiger partial charge is 0.455 e. The van der Waals surface area contributed by atoms with Crippen LogP contribution in [0.15, 0.2) is 18.2 Å². The average Bonchev–Trinajstić information content (AvgIpc) is 2.36. The predicted molar refractivity (Wildman–Crippen MR) is 62.1 cm³/mol. The summed E-state index contributed by atoms with van der Waals surface area (Å²) in [4.78, 5) is 0. The highest BCUT2D eigenvalue weighted by molar-refractivity contribution is 5.44. The van der Waals surface area contributed by atoms with Crippen LogP contribution in [0.4, 0.5) is 22.0 Å². The van der Waals surface area contributed by atoms with E-state index in [1.165, 1.54) is 13.2 Å². The lowest BCUT2D eigenvalue weighted by atomic mass is 10.0. The summed E-state index contributed by atoms with van der Waals surface area (Å²) in [6.45, 7) is 1.83. The van der Waals surface area contributed by atoms with Gasteiger partial charge in [0.05, 0.1) is 13.7 Å². The molecule has 0 heterocycles. The van der Waals surface area contributed by atoms with Crippen LogP contribution in [0.1, 0.15) is 18.5 Å². The summed E-state index contributed by atoms with van der Waals surface area (Å²) < 4.78 is 73.2. The van der Waals surface area contributed by atoms with Crippen molar-refractivity contribution in [1.82, 2.24) is 0 Å². The minimum Gasteiger partial charge on any atom is -0.493 e. The summed E-state index contributed by atoms with van der Waals surface area (Å²) in [5.74, 6) is -4.76. The standard InChI is InChI=1S/C12H14F5NO2/c1-3-20-9-6-7(4-5-8(9)19-2)10(18)11(13,14)12(15,16)17/h4-6,10H,3,18H2,1-2H3/t10-/m1/s1. The molecule has 0 fully saturated rings. The van der Waals surface area contributed by atoms with Crippen molar-refractivity contribution in [3.05, 3.63) is 23.8 Å². The molecule has 0 unspecified atom stereocenters. The van der Waals surface area contributed by atoms with Crippen molar-refractivity contribution >= 4 is 0 Å². The molecule has 0 bridgehead atoms. The molecule has 1 atom stereocenters. The Bertz CT molecular complexity index is 462. The second-order valence-corrected chi connectivity index (χ2v) is 3.94. The van der Waals surface area contributed by atoms with Crippen molar-refractivity contribution in [2.24, 2.45) is 5.73 Å². The summed E-state index contributed by atoms with van der Waals surface area (Å²) in [6.07, 6.45) is -5.72. The van der Waals surface area contributed by atoms with E-state index in [0.717, 1.165) is 12.1 Å². The third-order valence-corrected chi connectivity index (χ3v) is 2.62. The van der Waals surface area contributed by atoms with E-state index in [9.17, 15) is 22.0 Å². The summed E-state index contributed by atoms with van der Waals surface area (Å²) in [6, 6.07) is 0.776. The Balaban J connectivity index is 3.17. The number of hydrogen-bond acceptors (Lipinski definition) is 3. The van der Waals surface area contributed by atoms with Gasteiger partial charge >= 0.3 is 12.1 Å². The zero-order valence-corrected chi connectivity index (χ0v) is 10.8. The quantitative estimate of drug-likeness (QED) is 0.849. The zero-order chi connectivity index (χ0) is 15.6. The maximum atomic E-state index is 13.2. The lowest BCUT2D eigenvalue weighted by molar-refractivity contribution is -0.291. The van der Waals surface area contributed by atoms with Gasteiger partial charge in [0.1, 0.15) is 6.04 Å². The SMILES string of the molecule is CCOc1cc([C@@H](N)C(F)(F)C(F)(F)F)ccc1OC. The second-order valence-electron chi connectivity index (χ2n) is 3.94. The predicted octanol–water partition coefficient (Wildman–Crippen LogP) is 3.29. The molecule has 0 aromatic heterocycles.